The number of carbonyl (C=O) groups is 1. The number of hydrogen-bond acceptors (Lipinski definition) is 3. The Bertz CT molecular complexity index is 242. The second-order valence-corrected chi connectivity index (χ2v) is 5.77. The summed E-state index contributed by atoms with van der Waals surface area (Å²) in [5, 5.41) is 3.50. The van der Waals surface area contributed by atoms with E-state index in [9.17, 15) is 4.79 Å². The van der Waals surface area contributed by atoms with Crippen molar-refractivity contribution < 1.29 is 9.53 Å². The van der Waals surface area contributed by atoms with Gasteiger partial charge in [-0.15, -0.1) is 0 Å². The Morgan fingerprint density at radius 3 is 2.88 bits per heavy atom. The SMILES string of the molecule is CC1(C)CCCC(NCCOCC(N)=O)CC1. The molecule has 4 nitrogen and oxygen atoms in total. The molecule has 0 spiro atoms. The minimum atomic E-state index is -0.402. The van der Waals surface area contributed by atoms with Crippen molar-refractivity contribution in [1.29, 1.82) is 0 Å². The lowest BCUT2D eigenvalue weighted by Crippen LogP contribution is -2.32. The molecule has 4 heteroatoms. The summed E-state index contributed by atoms with van der Waals surface area (Å²) in [4.78, 5) is 10.5. The van der Waals surface area contributed by atoms with Crippen LogP contribution in [0, 0.1) is 5.41 Å². The molecule has 1 saturated carbocycles. The Balaban J connectivity index is 2.09. The van der Waals surface area contributed by atoms with Gasteiger partial charge in [-0.1, -0.05) is 20.3 Å². The van der Waals surface area contributed by atoms with E-state index in [0.29, 0.717) is 18.1 Å². The Kier molecular flexibility index (Phi) is 5.92. The van der Waals surface area contributed by atoms with E-state index in [0.717, 1.165) is 6.54 Å². The normalized spacial score (nSPS) is 24.2. The number of hydrogen-bond donors (Lipinski definition) is 2. The fraction of sp³-hybridized carbons (Fsp3) is 0.923. The van der Waals surface area contributed by atoms with Crippen LogP contribution in [0.25, 0.3) is 0 Å². The fourth-order valence-corrected chi connectivity index (χ4v) is 2.37. The molecule has 0 aromatic rings. The summed E-state index contributed by atoms with van der Waals surface area (Å²) in [5.74, 6) is -0.402. The lowest BCUT2D eigenvalue weighted by molar-refractivity contribution is -0.122. The first-order chi connectivity index (χ1) is 7.99. The largest absolute Gasteiger partial charge is 0.370 e. The molecular weight excluding hydrogens is 216 g/mol. The van der Waals surface area contributed by atoms with Crippen LogP contribution in [0.5, 0.6) is 0 Å². The van der Waals surface area contributed by atoms with Gasteiger partial charge < -0.3 is 15.8 Å². The van der Waals surface area contributed by atoms with Gasteiger partial charge in [0, 0.05) is 12.6 Å². The van der Waals surface area contributed by atoms with E-state index in [1.807, 2.05) is 0 Å². The molecule has 0 saturated heterocycles. The fourth-order valence-electron chi connectivity index (χ4n) is 2.37. The number of rotatable bonds is 6. The minimum Gasteiger partial charge on any atom is -0.370 e. The number of nitrogens with one attached hydrogen (secondary N) is 1. The van der Waals surface area contributed by atoms with Crippen LogP contribution >= 0.6 is 0 Å². The average Bonchev–Trinajstić information content (AvgIpc) is 2.39. The summed E-state index contributed by atoms with van der Waals surface area (Å²) in [6.07, 6.45) is 6.39. The first-order valence-corrected chi connectivity index (χ1v) is 6.59. The summed E-state index contributed by atoms with van der Waals surface area (Å²) in [6.45, 7) is 6.09. The summed E-state index contributed by atoms with van der Waals surface area (Å²) < 4.78 is 5.12. The monoisotopic (exact) mass is 242 g/mol. The zero-order valence-electron chi connectivity index (χ0n) is 11.1. The molecule has 1 aliphatic rings. The molecule has 0 aromatic heterocycles. The van der Waals surface area contributed by atoms with Gasteiger partial charge in [0.05, 0.1) is 6.61 Å². The van der Waals surface area contributed by atoms with Crippen LogP contribution in [0.3, 0.4) is 0 Å². The summed E-state index contributed by atoms with van der Waals surface area (Å²) in [5.41, 5.74) is 5.48. The molecule has 1 aliphatic carbocycles. The first kappa shape index (κ1) is 14.5. The molecule has 1 atom stereocenters. The van der Waals surface area contributed by atoms with Crippen LogP contribution < -0.4 is 11.1 Å². The zero-order valence-corrected chi connectivity index (χ0v) is 11.1. The van der Waals surface area contributed by atoms with Gasteiger partial charge in [-0.25, -0.2) is 0 Å². The molecule has 100 valence electrons. The predicted molar refractivity (Wildman–Crippen MR) is 68.7 cm³/mol. The van der Waals surface area contributed by atoms with E-state index >= 15 is 0 Å². The van der Waals surface area contributed by atoms with Crippen LogP contribution in [0.1, 0.15) is 46.0 Å². The molecular formula is C13H26N2O2. The van der Waals surface area contributed by atoms with Crippen molar-refractivity contribution in [1.82, 2.24) is 5.32 Å². The molecule has 0 aliphatic heterocycles. The van der Waals surface area contributed by atoms with Crippen LogP contribution in [0.4, 0.5) is 0 Å². The molecule has 0 aromatic carbocycles. The number of carbonyl (C=O) groups excluding carboxylic acids is 1. The Morgan fingerprint density at radius 2 is 2.18 bits per heavy atom. The van der Waals surface area contributed by atoms with Crippen LogP contribution in [-0.2, 0) is 9.53 Å². The second-order valence-electron chi connectivity index (χ2n) is 5.77. The Morgan fingerprint density at radius 1 is 1.41 bits per heavy atom. The first-order valence-electron chi connectivity index (χ1n) is 6.59. The molecule has 0 radical (unpaired) electrons. The number of amides is 1. The van der Waals surface area contributed by atoms with Gasteiger partial charge in [-0.05, 0) is 31.1 Å². The third-order valence-electron chi connectivity index (χ3n) is 3.50. The van der Waals surface area contributed by atoms with E-state index in [1.54, 1.807) is 0 Å². The lowest BCUT2D eigenvalue weighted by Gasteiger charge is -2.22. The standard InChI is InChI=1S/C13H26N2O2/c1-13(2)6-3-4-11(5-7-13)15-8-9-17-10-12(14)16/h11,15H,3-10H2,1-2H3,(H2,14,16). The van der Waals surface area contributed by atoms with Crippen molar-refractivity contribution in [3.05, 3.63) is 0 Å². The summed E-state index contributed by atoms with van der Waals surface area (Å²) in [7, 11) is 0. The van der Waals surface area contributed by atoms with Crippen molar-refractivity contribution in [2.24, 2.45) is 11.1 Å². The minimum absolute atomic E-state index is 0.0272. The molecule has 1 fully saturated rings. The number of primary amides is 1. The van der Waals surface area contributed by atoms with Crippen molar-refractivity contribution >= 4 is 5.91 Å². The van der Waals surface area contributed by atoms with Crippen molar-refractivity contribution in [3.63, 3.8) is 0 Å². The molecule has 1 unspecified atom stereocenters. The third kappa shape index (κ3) is 6.64. The molecule has 0 bridgehead atoms. The maximum Gasteiger partial charge on any atom is 0.243 e. The highest BCUT2D eigenvalue weighted by Gasteiger charge is 2.23. The molecule has 1 amide bonds. The molecule has 3 N–H and O–H groups in total. The van der Waals surface area contributed by atoms with E-state index in [1.165, 1.54) is 32.1 Å². The van der Waals surface area contributed by atoms with E-state index in [2.05, 4.69) is 19.2 Å². The summed E-state index contributed by atoms with van der Waals surface area (Å²) >= 11 is 0. The highest BCUT2D eigenvalue weighted by molar-refractivity contribution is 5.74. The van der Waals surface area contributed by atoms with Gasteiger partial charge in [-0.2, -0.15) is 0 Å². The van der Waals surface area contributed by atoms with Gasteiger partial charge in [0.25, 0.3) is 0 Å². The second kappa shape index (κ2) is 6.97. The Hall–Kier alpha value is -0.610. The van der Waals surface area contributed by atoms with E-state index in [4.69, 9.17) is 10.5 Å². The molecule has 17 heavy (non-hydrogen) atoms. The maximum absolute atomic E-state index is 10.5. The highest BCUT2D eigenvalue weighted by Crippen LogP contribution is 2.33. The van der Waals surface area contributed by atoms with E-state index in [-0.39, 0.29) is 6.61 Å². The van der Waals surface area contributed by atoms with Gasteiger partial charge >= 0.3 is 0 Å². The quantitative estimate of drug-likeness (QED) is 0.547. The summed E-state index contributed by atoms with van der Waals surface area (Å²) in [6, 6.07) is 0.606. The van der Waals surface area contributed by atoms with Crippen molar-refractivity contribution in [2.75, 3.05) is 19.8 Å². The zero-order chi connectivity index (χ0) is 12.7. The van der Waals surface area contributed by atoms with Crippen molar-refractivity contribution in [3.8, 4) is 0 Å². The van der Waals surface area contributed by atoms with Gasteiger partial charge in [-0.3, -0.25) is 4.79 Å². The number of ether oxygens (including phenoxy) is 1. The van der Waals surface area contributed by atoms with E-state index < -0.39 is 5.91 Å². The lowest BCUT2D eigenvalue weighted by atomic mass is 9.85. The molecule has 1 rings (SSSR count). The van der Waals surface area contributed by atoms with Crippen LogP contribution in [0.2, 0.25) is 0 Å². The third-order valence-corrected chi connectivity index (χ3v) is 3.50. The smallest absolute Gasteiger partial charge is 0.243 e. The average molecular weight is 242 g/mol. The molecule has 0 heterocycles. The van der Waals surface area contributed by atoms with Crippen molar-refractivity contribution in [2.45, 2.75) is 52.0 Å². The van der Waals surface area contributed by atoms with Gasteiger partial charge in [0.2, 0.25) is 5.91 Å². The van der Waals surface area contributed by atoms with Gasteiger partial charge in [0.15, 0.2) is 0 Å². The topological polar surface area (TPSA) is 64.3 Å². The van der Waals surface area contributed by atoms with Crippen LogP contribution in [0.15, 0.2) is 0 Å². The van der Waals surface area contributed by atoms with Crippen LogP contribution in [-0.4, -0.2) is 31.7 Å². The number of nitrogens with two attached hydrogens (primary N) is 1. The predicted octanol–water partition coefficient (Wildman–Crippen LogP) is 1.44. The highest BCUT2D eigenvalue weighted by atomic mass is 16.5. The Labute approximate surface area is 104 Å². The maximum atomic E-state index is 10.5. The van der Waals surface area contributed by atoms with Gasteiger partial charge in [0.1, 0.15) is 6.61 Å².